The van der Waals surface area contributed by atoms with E-state index in [1.807, 2.05) is 0 Å². The quantitative estimate of drug-likeness (QED) is 0.573. The normalized spacial score (nSPS) is 45.2. The van der Waals surface area contributed by atoms with Crippen molar-refractivity contribution < 1.29 is 4.74 Å². The molecule has 1 heteroatoms. The number of fused-ring (bicyclic) bond motifs is 2. The number of rotatable bonds is 2. The van der Waals surface area contributed by atoms with Crippen LogP contribution in [0.4, 0.5) is 0 Å². The second-order valence-corrected chi connectivity index (χ2v) is 4.16. The van der Waals surface area contributed by atoms with Gasteiger partial charge in [-0.2, -0.15) is 0 Å². The average Bonchev–Trinajstić information content (AvgIpc) is 2.41. The third-order valence-electron chi connectivity index (χ3n) is 3.58. The van der Waals surface area contributed by atoms with Crippen LogP contribution in [0.1, 0.15) is 46.0 Å². The molecule has 2 heterocycles. The molecule has 0 aliphatic carbocycles. The maximum absolute atomic E-state index is 6.18. The smallest absolute Gasteiger partial charge is 0.0868 e. The fourth-order valence-corrected chi connectivity index (χ4v) is 2.48. The SMILES string of the molecule is CCC12C=CCC(CC)(CC1)O2. The molecular weight excluding hydrogens is 148 g/mol. The molecule has 2 atom stereocenters. The first kappa shape index (κ1) is 8.31. The average molecular weight is 166 g/mol. The van der Waals surface area contributed by atoms with E-state index in [-0.39, 0.29) is 11.2 Å². The van der Waals surface area contributed by atoms with Gasteiger partial charge in [-0.05, 0) is 32.1 Å². The van der Waals surface area contributed by atoms with Crippen molar-refractivity contribution in [2.75, 3.05) is 0 Å². The summed E-state index contributed by atoms with van der Waals surface area (Å²) in [6.45, 7) is 4.46. The molecule has 12 heavy (non-hydrogen) atoms. The fourth-order valence-electron chi connectivity index (χ4n) is 2.48. The van der Waals surface area contributed by atoms with Crippen LogP contribution in [0.2, 0.25) is 0 Å². The molecule has 0 amide bonds. The topological polar surface area (TPSA) is 9.23 Å². The summed E-state index contributed by atoms with van der Waals surface area (Å²) < 4.78 is 6.18. The Morgan fingerprint density at radius 3 is 2.75 bits per heavy atom. The summed E-state index contributed by atoms with van der Waals surface area (Å²) in [5, 5.41) is 0. The van der Waals surface area contributed by atoms with Gasteiger partial charge in [0.1, 0.15) is 0 Å². The van der Waals surface area contributed by atoms with Crippen LogP contribution in [0.5, 0.6) is 0 Å². The minimum Gasteiger partial charge on any atom is -0.364 e. The molecule has 2 rings (SSSR count). The minimum absolute atomic E-state index is 0.119. The molecule has 1 nitrogen and oxygen atoms in total. The van der Waals surface area contributed by atoms with Crippen LogP contribution >= 0.6 is 0 Å². The number of hydrogen-bond acceptors (Lipinski definition) is 1. The van der Waals surface area contributed by atoms with Crippen molar-refractivity contribution in [2.45, 2.75) is 57.2 Å². The van der Waals surface area contributed by atoms with Gasteiger partial charge in [0.15, 0.2) is 0 Å². The van der Waals surface area contributed by atoms with Crippen LogP contribution in [0, 0.1) is 0 Å². The summed E-state index contributed by atoms with van der Waals surface area (Å²) in [5.74, 6) is 0. The third kappa shape index (κ3) is 1.03. The molecule has 2 bridgehead atoms. The monoisotopic (exact) mass is 166 g/mol. The first-order valence-corrected chi connectivity index (χ1v) is 5.12. The summed E-state index contributed by atoms with van der Waals surface area (Å²) in [5.41, 5.74) is 0.332. The maximum Gasteiger partial charge on any atom is 0.0868 e. The Hall–Kier alpha value is -0.300. The second kappa shape index (κ2) is 2.59. The summed E-state index contributed by atoms with van der Waals surface area (Å²) >= 11 is 0. The molecule has 1 saturated heterocycles. The van der Waals surface area contributed by atoms with Crippen molar-refractivity contribution in [2.24, 2.45) is 0 Å². The Bertz CT molecular complexity index is 209. The van der Waals surface area contributed by atoms with Gasteiger partial charge in [-0.15, -0.1) is 0 Å². The molecule has 2 aliphatic heterocycles. The highest BCUT2D eigenvalue weighted by atomic mass is 16.5. The largest absolute Gasteiger partial charge is 0.364 e. The van der Waals surface area contributed by atoms with E-state index >= 15 is 0 Å². The van der Waals surface area contributed by atoms with Gasteiger partial charge in [0.2, 0.25) is 0 Å². The van der Waals surface area contributed by atoms with Gasteiger partial charge in [-0.1, -0.05) is 26.0 Å². The zero-order chi connectivity index (χ0) is 8.66. The van der Waals surface area contributed by atoms with Crippen LogP contribution in [0.15, 0.2) is 12.2 Å². The van der Waals surface area contributed by atoms with Gasteiger partial charge in [0, 0.05) is 0 Å². The van der Waals surface area contributed by atoms with Gasteiger partial charge in [-0.25, -0.2) is 0 Å². The van der Waals surface area contributed by atoms with Gasteiger partial charge in [0.25, 0.3) is 0 Å². The Morgan fingerprint density at radius 1 is 1.25 bits per heavy atom. The second-order valence-electron chi connectivity index (χ2n) is 4.16. The van der Waals surface area contributed by atoms with Gasteiger partial charge >= 0.3 is 0 Å². The van der Waals surface area contributed by atoms with E-state index in [2.05, 4.69) is 26.0 Å². The highest BCUT2D eigenvalue weighted by Gasteiger charge is 2.47. The Kier molecular flexibility index (Phi) is 1.80. The van der Waals surface area contributed by atoms with E-state index < -0.39 is 0 Å². The van der Waals surface area contributed by atoms with E-state index in [0.29, 0.717) is 0 Å². The van der Waals surface area contributed by atoms with E-state index in [4.69, 9.17) is 4.74 Å². The molecule has 0 aromatic heterocycles. The van der Waals surface area contributed by atoms with E-state index in [1.54, 1.807) is 0 Å². The van der Waals surface area contributed by atoms with Crippen LogP contribution in [-0.4, -0.2) is 11.2 Å². The molecule has 2 aliphatic rings. The summed E-state index contributed by atoms with van der Waals surface area (Å²) in [6, 6.07) is 0. The number of hydrogen-bond donors (Lipinski definition) is 0. The minimum atomic E-state index is 0.119. The fraction of sp³-hybridized carbons (Fsp3) is 0.818. The number of ether oxygens (including phenoxy) is 1. The predicted octanol–water partition coefficient (Wildman–Crippen LogP) is 3.05. The van der Waals surface area contributed by atoms with Crippen LogP contribution in [-0.2, 0) is 4.74 Å². The molecule has 2 unspecified atom stereocenters. The van der Waals surface area contributed by atoms with E-state index in [1.165, 1.54) is 19.3 Å². The summed E-state index contributed by atoms with van der Waals surface area (Å²) in [6.07, 6.45) is 10.5. The molecular formula is C11H18O. The van der Waals surface area contributed by atoms with Crippen LogP contribution in [0.25, 0.3) is 0 Å². The van der Waals surface area contributed by atoms with E-state index in [9.17, 15) is 0 Å². The molecule has 0 aromatic rings. The van der Waals surface area contributed by atoms with Crippen molar-refractivity contribution in [3.63, 3.8) is 0 Å². The Balaban J connectivity index is 2.24. The molecule has 0 aromatic carbocycles. The first-order chi connectivity index (χ1) is 5.74. The third-order valence-corrected chi connectivity index (χ3v) is 3.58. The van der Waals surface area contributed by atoms with E-state index in [0.717, 1.165) is 12.8 Å². The predicted molar refractivity (Wildman–Crippen MR) is 50.1 cm³/mol. The highest BCUT2D eigenvalue weighted by Crippen LogP contribution is 2.47. The zero-order valence-corrected chi connectivity index (χ0v) is 8.10. The van der Waals surface area contributed by atoms with Gasteiger partial charge in [0.05, 0.1) is 11.2 Å². The lowest BCUT2D eigenvalue weighted by Crippen LogP contribution is -2.36. The van der Waals surface area contributed by atoms with Gasteiger partial charge in [-0.3, -0.25) is 0 Å². The Morgan fingerprint density at radius 2 is 2.08 bits per heavy atom. The standard InChI is InChI=1S/C11H18O/c1-3-10-6-5-7-11(4-2,12-10)9-8-10/h5-6H,3-4,7-9H2,1-2H3. The van der Waals surface area contributed by atoms with Crippen molar-refractivity contribution in [1.29, 1.82) is 0 Å². The molecule has 0 saturated carbocycles. The lowest BCUT2D eigenvalue weighted by atomic mass is 9.94. The summed E-state index contributed by atoms with van der Waals surface area (Å²) in [7, 11) is 0. The molecule has 0 N–H and O–H groups in total. The lowest BCUT2D eigenvalue weighted by Gasteiger charge is -2.35. The first-order valence-electron chi connectivity index (χ1n) is 5.12. The Labute approximate surface area is 74.8 Å². The zero-order valence-electron chi connectivity index (χ0n) is 8.10. The molecule has 1 fully saturated rings. The molecule has 0 spiro atoms. The van der Waals surface area contributed by atoms with Crippen molar-refractivity contribution in [1.82, 2.24) is 0 Å². The van der Waals surface area contributed by atoms with Crippen molar-refractivity contribution in [3.05, 3.63) is 12.2 Å². The van der Waals surface area contributed by atoms with Crippen molar-refractivity contribution >= 4 is 0 Å². The summed E-state index contributed by atoms with van der Waals surface area (Å²) in [4.78, 5) is 0. The van der Waals surface area contributed by atoms with Gasteiger partial charge < -0.3 is 4.74 Å². The maximum atomic E-state index is 6.18. The van der Waals surface area contributed by atoms with Crippen molar-refractivity contribution in [3.8, 4) is 0 Å². The highest BCUT2D eigenvalue weighted by molar-refractivity contribution is 5.15. The lowest BCUT2D eigenvalue weighted by molar-refractivity contribution is -0.0896. The molecule has 68 valence electrons. The molecule has 0 radical (unpaired) electrons. The van der Waals surface area contributed by atoms with Crippen LogP contribution in [0.3, 0.4) is 0 Å². The van der Waals surface area contributed by atoms with Crippen LogP contribution < -0.4 is 0 Å².